The molecule has 3 aromatic rings. The van der Waals surface area contributed by atoms with Crippen LogP contribution in [0, 0.1) is 6.92 Å². The van der Waals surface area contributed by atoms with Crippen LogP contribution >= 0.6 is 0 Å². The molecule has 140 valence electrons. The number of aromatic nitrogens is 3. The third-order valence-electron chi connectivity index (χ3n) is 4.99. The van der Waals surface area contributed by atoms with Crippen molar-refractivity contribution in [2.75, 3.05) is 30.8 Å². The number of aryl methyl sites for hydroxylation is 1. The van der Waals surface area contributed by atoms with Gasteiger partial charge in [0.2, 0.25) is 0 Å². The van der Waals surface area contributed by atoms with E-state index in [0.29, 0.717) is 23.1 Å². The highest BCUT2D eigenvalue weighted by atomic mass is 16.1. The van der Waals surface area contributed by atoms with Gasteiger partial charge in [0.25, 0.3) is 5.56 Å². The number of nitrogens with zero attached hydrogens (tertiary/aromatic N) is 3. The Kier molecular flexibility index (Phi) is 4.77. The zero-order chi connectivity index (χ0) is 18.8. The van der Waals surface area contributed by atoms with Gasteiger partial charge >= 0.3 is 0 Å². The van der Waals surface area contributed by atoms with Crippen LogP contribution in [0.3, 0.4) is 0 Å². The van der Waals surface area contributed by atoms with Crippen molar-refractivity contribution in [3.8, 4) is 0 Å². The molecule has 27 heavy (non-hydrogen) atoms. The van der Waals surface area contributed by atoms with Crippen LogP contribution in [0.5, 0.6) is 0 Å². The molecule has 7 heteroatoms. The van der Waals surface area contributed by atoms with Gasteiger partial charge < -0.3 is 20.5 Å². The van der Waals surface area contributed by atoms with Gasteiger partial charge in [0.05, 0.1) is 5.39 Å². The lowest BCUT2D eigenvalue weighted by Crippen LogP contribution is -2.37. The fourth-order valence-corrected chi connectivity index (χ4v) is 3.46. The number of anilines is 3. The number of pyridine rings is 3. The monoisotopic (exact) mass is 364 g/mol. The molecule has 3 aromatic heterocycles. The Morgan fingerprint density at radius 1 is 1.19 bits per heavy atom. The highest BCUT2D eigenvalue weighted by molar-refractivity contribution is 5.93. The smallest absolute Gasteiger partial charge is 0.259 e. The standard InChI is InChI=1S/C20H24N6O/c1-13-3-7-21-16(11-13)24-17-12-14-4-8-22-20(27)18(14)19(25-17)23-15-5-9-26(2)10-6-15/h3-4,7-8,11-12,15H,5-6,9-10H2,1-2H3,(H,22,27)(H2,21,23,24,25). The summed E-state index contributed by atoms with van der Waals surface area (Å²) in [7, 11) is 2.13. The predicted octanol–water partition coefficient (Wildman–Crippen LogP) is 2.88. The van der Waals surface area contributed by atoms with Crippen molar-refractivity contribution in [3.05, 3.63) is 52.6 Å². The Hall–Kier alpha value is -2.93. The summed E-state index contributed by atoms with van der Waals surface area (Å²) in [4.78, 5) is 26.6. The number of piperidine rings is 1. The van der Waals surface area contributed by atoms with Crippen LogP contribution in [0.15, 0.2) is 41.5 Å². The van der Waals surface area contributed by atoms with E-state index in [1.807, 2.05) is 31.2 Å². The number of H-pyrrole nitrogens is 1. The molecule has 4 heterocycles. The normalized spacial score (nSPS) is 15.8. The van der Waals surface area contributed by atoms with Crippen LogP contribution in [0.4, 0.5) is 17.5 Å². The summed E-state index contributed by atoms with van der Waals surface area (Å²) in [6.45, 7) is 4.10. The summed E-state index contributed by atoms with van der Waals surface area (Å²) < 4.78 is 0. The highest BCUT2D eigenvalue weighted by Gasteiger charge is 2.19. The zero-order valence-corrected chi connectivity index (χ0v) is 15.6. The van der Waals surface area contributed by atoms with Gasteiger partial charge in [0.1, 0.15) is 17.5 Å². The van der Waals surface area contributed by atoms with E-state index in [-0.39, 0.29) is 5.56 Å². The zero-order valence-electron chi connectivity index (χ0n) is 15.6. The minimum atomic E-state index is -0.129. The van der Waals surface area contributed by atoms with Gasteiger partial charge in [-0.3, -0.25) is 4.79 Å². The van der Waals surface area contributed by atoms with Crippen molar-refractivity contribution in [3.63, 3.8) is 0 Å². The van der Waals surface area contributed by atoms with Gasteiger partial charge in [-0.1, -0.05) is 0 Å². The first-order valence-electron chi connectivity index (χ1n) is 9.26. The summed E-state index contributed by atoms with van der Waals surface area (Å²) >= 11 is 0. The van der Waals surface area contributed by atoms with E-state index in [1.165, 1.54) is 0 Å². The van der Waals surface area contributed by atoms with E-state index in [1.54, 1.807) is 12.4 Å². The lowest BCUT2D eigenvalue weighted by molar-refractivity contribution is 0.264. The van der Waals surface area contributed by atoms with E-state index in [4.69, 9.17) is 4.98 Å². The topological polar surface area (TPSA) is 85.9 Å². The van der Waals surface area contributed by atoms with Gasteiger partial charge in [0.15, 0.2) is 0 Å². The van der Waals surface area contributed by atoms with Crippen LogP contribution in [0.2, 0.25) is 0 Å². The lowest BCUT2D eigenvalue weighted by Gasteiger charge is -2.30. The number of rotatable bonds is 4. The van der Waals surface area contributed by atoms with E-state index in [0.717, 1.165) is 42.7 Å². The first-order valence-corrected chi connectivity index (χ1v) is 9.26. The third-order valence-corrected chi connectivity index (χ3v) is 4.99. The Bertz CT molecular complexity index is 1010. The maximum absolute atomic E-state index is 12.4. The molecule has 1 fully saturated rings. The summed E-state index contributed by atoms with van der Waals surface area (Å²) in [5.41, 5.74) is 0.991. The fourth-order valence-electron chi connectivity index (χ4n) is 3.46. The van der Waals surface area contributed by atoms with Gasteiger partial charge in [-0.15, -0.1) is 0 Å². The number of aromatic amines is 1. The second-order valence-corrected chi connectivity index (χ2v) is 7.19. The van der Waals surface area contributed by atoms with Crippen molar-refractivity contribution >= 4 is 28.2 Å². The maximum atomic E-state index is 12.4. The predicted molar refractivity (Wildman–Crippen MR) is 109 cm³/mol. The van der Waals surface area contributed by atoms with Crippen LogP contribution < -0.4 is 16.2 Å². The Labute approximate surface area is 157 Å². The second-order valence-electron chi connectivity index (χ2n) is 7.19. The van der Waals surface area contributed by atoms with Gasteiger partial charge in [-0.2, -0.15) is 0 Å². The molecule has 0 amide bonds. The minimum Gasteiger partial charge on any atom is -0.366 e. The van der Waals surface area contributed by atoms with Crippen LogP contribution in [-0.2, 0) is 0 Å². The summed E-state index contributed by atoms with van der Waals surface area (Å²) in [5, 5.41) is 8.21. The first-order chi connectivity index (χ1) is 13.1. The van der Waals surface area contributed by atoms with E-state index < -0.39 is 0 Å². The lowest BCUT2D eigenvalue weighted by atomic mass is 10.1. The Morgan fingerprint density at radius 2 is 2.00 bits per heavy atom. The average molecular weight is 364 g/mol. The number of hydrogen-bond acceptors (Lipinski definition) is 6. The molecule has 0 aliphatic carbocycles. The Balaban J connectivity index is 1.70. The summed E-state index contributed by atoms with van der Waals surface area (Å²) in [6, 6.07) is 8.00. The molecule has 1 aliphatic rings. The quantitative estimate of drug-likeness (QED) is 0.660. The fraction of sp³-hybridized carbons (Fsp3) is 0.350. The van der Waals surface area contributed by atoms with Gasteiger partial charge in [-0.25, -0.2) is 9.97 Å². The van der Waals surface area contributed by atoms with Crippen LogP contribution in [0.1, 0.15) is 18.4 Å². The molecule has 0 atom stereocenters. The van der Waals surface area contributed by atoms with E-state index in [2.05, 4.69) is 32.5 Å². The molecule has 3 N–H and O–H groups in total. The average Bonchev–Trinajstić information content (AvgIpc) is 2.63. The van der Waals surface area contributed by atoms with Crippen molar-refractivity contribution < 1.29 is 0 Å². The van der Waals surface area contributed by atoms with Gasteiger partial charge in [-0.05, 0) is 75.1 Å². The molecule has 1 saturated heterocycles. The van der Waals surface area contributed by atoms with Crippen LogP contribution in [0.25, 0.3) is 10.8 Å². The number of fused-ring (bicyclic) bond motifs is 1. The molecular weight excluding hydrogens is 340 g/mol. The molecule has 0 spiro atoms. The van der Waals surface area contributed by atoms with E-state index in [9.17, 15) is 4.79 Å². The summed E-state index contributed by atoms with van der Waals surface area (Å²) in [5.74, 6) is 2.03. The highest BCUT2D eigenvalue weighted by Crippen LogP contribution is 2.25. The molecule has 4 rings (SSSR count). The van der Waals surface area contributed by atoms with Crippen LogP contribution in [-0.4, -0.2) is 46.0 Å². The first kappa shape index (κ1) is 17.5. The van der Waals surface area contributed by atoms with Crippen molar-refractivity contribution in [1.29, 1.82) is 0 Å². The Morgan fingerprint density at radius 3 is 2.78 bits per heavy atom. The minimum absolute atomic E-state index is 0.129. The molecule has 0 radical (unpaired) electrons. The molecular formula is C20H24N6O. The van der Waals surface area contributed by atoms with Crippen molar-refractivity contribution in [2.24, 2.45) is 0 Å². The third kappa shape index (κ3) is 3.93. The molecule has 1 aliphatic heterocycles. The largest absolute Gasteiger partial charge is 0.366 e. The van der Waals surface area contributed by atoms with Crippen molar-refractivity contribution in [2.45, 2.75) is 25.8 Å². The molecule has 0 aromatic carbocycles. The second kappa shape index (κ2) is 7.36. The number of nitrogens with one attached hydrogen (secondary N) is 3. The summed E-state index contributed by atoms with van der Waals surface area (Å²) in [6.07, 6.45) is 5.49. The number of likely N-dealkylation sites (tertiary alicyclic amines) is 1. The van der Waals surface area contributed by atoms with Gasteiger partial charge in [0, 0.05) is 18.4 Å². The number of hydrogen-bond donors (Lipinski definition) is 3. The molecule has 0 unspecified atom stereocenters. The van der Waals surface area contributed by atoms with E-state index >= 15 is 0 Å². The molecule has 0 saturated carbocycles. The molecule has 7 nitrogen and oxygen atoms in total. The molecule has 0 bridgehead atoms. The van der Waals surface area contributed by atoms with Crippen molar-refractivity contribution in [1.82, 2.24) is 19.9 Å². The maximum Gasteiger partial charge on any atom is 0.259 e. The SMILES string of the molecule is Cc1ccnc(Nc2cc3cc[nH]c(=O)c3c(NC3CCN(C)CC3)n2)c1.